The number of ether oxygens (including phenoxy) is 1. The van der Waals surface area contributed by atoms with Crippen LogP contribution in [0.3, 0.4) is 0 Å². The van der Waals surface area contributed by atoms with Crippen LogP contribution in [0.25, 0.3) is 0 Å². The summed E-state index contributed by atoms with van der Waals surface area (Å²) in [7, 11) is 1.77. The lowest BCUT2D eigenvalue weighted by Gasteiger charge is -2.29. The van der Waals surface area contributed by atoms with Gasteiger partial charge >= 0.3 is 0 Å². The number of benzene rings is 1. The van der Waals surface area contributed by atoms with Gasteiger partial charge in [0.15, 0.2) is 0 Å². The average molecular weight is 309 g/mol. The number of nitrogens with one attached hydrogen (secondary N) is 1. The van der Waals surface area contributed by atoms with E-state index < -0.39 is 0 Å². The second-order valence-corrected chi connectivity index (χ2v) is 5.82. The molecule has 1 saturated carbocycles. The molecule has 2 rings (SSSR count). The maximum atomic E-state index is 6.15. The Hall–Kier alpha value is -0.150. The molecule has 0 unspecified atom stereocenters. The Morgan fingerprint density at radius 3 is 2.22 bits per heavy atom. The van der Waals surface area contributed by atoms with Crippen LogP contribution >= 0.6 is 34.8 Å². The lowest BCUT2D eigenvalue weighted by atomic mass is 9.93. The molecule has 5 heteroatoms. The van der Waals surface area contributed by atoms with E-state index in [4.69, 9.17) is 39.5 Å². The zero-order valence-corrected chi connectivity index (χ0v) is 12.4. The molecule has 0 bridgehead atoms. The summed E-state index contributed by atoms with van der Waals surface area (Å²) < 4.78 is 5.36. The van der Waals surface area contributed by atoms with Gasteiger partial charge in [-0.05, 0) is 37.8 Å². The summed E-state index contributed by atoms with van der Waals surface area (Å²) in [6.45, 7) is 0. The highest BCUT2D eigenvalue weighted by Crippen LogP contribution is 2.34. The summed E-state index contributed by atoms with van der Waals surface area (Å²) in [5, 5.41) is 5.04. The van der Waals surface area contributed by atoms with Crippen molar-refractivity contribution in [2.24, 2.45) is 0 Å². The van der Waals surface area contributed by atoms with Crippen LogP contribution in [0, 0.1) is 0 Å². The number of hydrogen-bond acceptors (Lipinski definition) is 2. The van der Waals surface area contributed by atoms with E-state index in [-0.39, 0.29) is 0 Å². The quantitative estimate of drug-likeness (QED) is 0.792. The highest BCUT2D eigenvalue weighted by atomic mass is 35.5. The van der Waals surface area contributed by atoms with Gasteiger partial charge in [-0.1, -0.05) is 34.8 Å². The normalized spacial score (nSPS) is 24.0. The molecule has 100 valence electrons. The van der Waals surface area contributed by atoms with Crippen molar-refractivity contribution >= 4 is 40.5 Å². The van der Waals surface area contributed by atoms with Gasteiger partial charge in [-0.25, -0.2) is 0 Å². The Morgan fingerprint density at radius 2 is 1.61 bits per heavy atom. The second-order valence-electron chi connectivity index (χ2n) is 4.60. The van der Waals surface area contributed by atoms with E-state index in [0.29, 0.717) is 27.2 Å². The molecular formula is C13H16Cl3NO. The van der Waals surface area contributed by atoms with Crippen LogP contribution in [0.4, 0.5) is 5.69 Å². The molecule has 1 fully saturated rings. The molecule has 1 aromatic carbocycles. The minimum Gasteiger partial charge on any atom is -0.381 e. The second kappa shape index (κ2) is 6.33. The van der Waals surface area contributed by atoms with Gasteiger partial charge in [-0.2, -0.15) is 0 Å². The largest absolute Gasteiger partial charge is 0.381 e. The first-order valence-corrected chi connectivity index (χ1v) is 7.17. The molecule has 0 radical (unpaired) electrons. The van der Waals surface area contributed by atoms with Crippen LogP contribution < -0.4 is 5.32 Å². The smallest absolute Gasteiger partial charge is 0.0653 e. The van der Waals surface area contributed by atoms with Gasteiger partial charge in [0.2, 0.25) is 0 Å². The molecule has 0 atom stereocenters. The van der Waals surface area contributed by atoms with Gasteiger partial charge in [0, 0.05) is 13.2 Å². The summed E-state index contributed by atoms with van der Waals surface area (Å²) >= 11 is 18.1. The summed E-state index contributed by atoms with van der Waals surface area (Å²) in [5.41, 5.74) is 0.854. The van der Waals surface area contributed by atoms with Crippen molar-refractivity contribution in [1.82, 2.24) is 0 Å². The van der Waals surface area contributed by atoms with Crippen LogP contribution in [0.15, 0.2) is 12.1 Å². The minimum atomic E-state index is 0.396. The van der Waals surface area contributed by atoms with E-state index in [1.807, 2.05) is 0 Å². The van der Waals surface area contributed by atoms with Crippen molar-refractivity contribution in [2.75, 3.05) is 12.4 Å². The molecule has 1 aromatic rings. The Bertz CT molecular complexity index is 417. The Kier molecular flexibility index (Phi) is 5.02. The van der Waals surface area contributed by atoms with Gasteiger partial charge in [0.05, 0.1) is 26.9 Å². The van der Waals surface area contributed by atoms with E-state index in [1.54, 1.807) is 19.2 Å². The van der Waals surface area contributed by atoms with Gasteiger partial charge in [-0.15, -0.1) is 0 Å². The minimum absolute atomic E-state index is 0.396. The van der Waals surface area contributed by atoms with E-state index in [1.165, 1.54) is 0 Å². The molecule has 0 amide bonds. The number of anilines is 1. The monoisotopic (exact) mass is 307 g/mol. The third kappa shape index (κ3) is 3.45. The molecule has 2 nitrogen and oxygen atoms in total. The van der Waals surface area contributed by atoms with Crippen LogP contribution in [0.5, 0.6) is 0 Å². The fourth-order valence-electron chi connectivity index (χ4n) is 2.30. The number of hydrogen-bond donors (Lipinski definition) is 1. The zero-order valence-electron chi connectivity index (χ0n) is 10.2. The molecule has 0 heterocycles. The molecule has 0 aromatic heterocycles. The first kappa shape index (κ1) is 14.3. The maximum absolute atomic E-state index is 6.15. The third-order valence-electron chi connectivity index (χ3n) is 3.38. The lowest BCUT2D eigenvalue weighted by Crippen LogP contribution is -2.29. The van der Waals surface area contributed by atoms with E-state index in [9.17, 15) is 0 Å². The lowest BCUT2D eigenvalue weighted by molar-refractivity contribution is 0.0682. The number of methoxy groups -OCH3 is 1. The van der Waals surface area contributed by atoms with Crippen molar-refractivity contribution in [3.8, 4) is 0 Å². The molecule has 18 heavy (non-hydrogen) atoms. The molecule has 0 saturated heterocycles. The fraction of sp³-hybridized carbons (Fsp3) is 0.538. The molecule has 1 N–H and O–H groups in total. The van der Waals surface area contributed by atoms with E-state index in [2.05, 4.69) is 5.32 Å². The average Bonchev–Trinajstić information content (AvgIpc) is 2.37. The SMILES string of the molecule is COC1CCC(Nc2cc(Cl)c(Cl)cc2Cl)CC1. The Labute approximate surface area is 123 Å². The van der Waals surface area contributed by atoms with Crippen molar-refractivity contribution < 1.29 is 4.74 Å². The molecule has 0 spiro atoms. The highest BCUT2D eigenvalue weighted by molar-refractivity contribution is 6.44. The van der Waals surface area contributed by atoms with Crippen molar-refractivity contribution in [3.63, 3.8) is 0 Å². The predicted molar refractivity (Wildman–Crippen MR) is 78.1 cm³/mol. The van der Waals surface area contributed by atoms with Crippen LogP contribution in [0.2, 0.25) is 15.1 Å². The van der Waals surface area contributed by atoms with Crippen LogP contribution in [-0.2, 0) is 4.74 Å². The first-order chi connectivity index (χ1) is 8.60. The summed E-state index contributed by atoms with van der Waals surface area (Å²) in [4.78, 5) is 0. The summed E-state index contributed by atoms with van der Waals surface area (Å²) in [6.07, 6.45) is 4.71. The van der Waals surface area contributed by atoms with Gasteiger partial charge in [0.25, 0.3) is 0 Å². The third-order valence-corrected chi connectivity index (χ3v) is 4.41. The standard InChI is InChI=1S/C13H16Cl3NO/c1-18-9-4-2-8(3-5-9)17-13-7-11(15)10(14)6-12(13)16/h6-9,17H,2-5H2,1H3. The van der Waals surface area contributed by atoms with Crippen molar-refractivity contribution in [1.29, 1.82) is 0 Å². The number of halogens is 3. The van der Waals surface area contributed by atoms with E-state index in [0.717, 1.165) is 31.4 Å². The topological polar surface area (TPSA) is 21.3 Å². The van der Waals surface area contributed by atoms with E-state index >= 15 is 0 Å². The van der Waals surface area contributed by atoms with Crippen molar-refractivity contribution in [3.05, 3.63) is 27.2 Å². The summed E-state index contributed by atoms with van der Waals surface area (Å²) in [6, 6.07) is 3.88. The summed E-state index contributed by atoms with van der Waals surface area (Å²) in [5.74, 6) is 0. The first-order valence-electron chi connectivity index (χ1n) is 6.04. The Morgan fingerprint density at radius 1 is 1.00 bits per heavy atom. The molecule has 1 aliphatic rings. The van der Waals surface area contributed by atoms with Crippen molar-refractivity contribution in [2.45, 2.75) is 37.8 Å². The van der Waals surface area contributed by atoms with Crippen LogP contribution in [0.1, 0.15) is 25.7 Å². The van der Waals surface area contributed by atoms with Crippen LogP contribution in [-0.4, -0.2) is 19.3 Å². The highest BCUT2D eigenvalue weighted by Gasteiger charge is 2.21. The molecular weight excluding hydrogens is 293 g/mol. The van der Waals surface area contributed by atoms with Gasteiger partial charge in [0.1, 0.15) is 0 Å². The molecule has 0 aliphatic heterocycles. The fourth-order valence-corrected chi connectivity index (χ4v) is 2.90. The molecule has 1 aliphatic carbocycles. The zero-order chi connectivity index (χ0) is 13.1. The predicted octanol–water partition coefficient (Wildman–Crippen LogP) is 5.02. The maximum Gasteiger partial charge on any atom is 0.0653 e. The van der Waals surface area contributed by atoms with Gasteiger partial charge in [-0.3, -0.25) is 0 Å². The Balaban J connectivity index is 2.00. The number of rotatable bonds is 3. The van der Waals surface area contributed by atoms with Gasteiger partial charge < -0.3 is 10.1 Å².